The standard InChI is InChI=1S/C17H12Cl2N4O4/c1-9-2-4-12(18)16(15(9)19)21-14(24)7-22-8-20-13-5-3-10(23(26)27)6-11(13)17(22)25/h2-6,8H,7H2,1H3,(H,21,24). The SMILES string of the molecule is Cc1ccc(Cl)c(NC(=O)Cn2cnc3ccc([N+](=O)[O-])cc3c2=O)c1Cl. The molecule has 2 aromatic carbocycles. The van der Waals surface area contributed by atoms with Crippen molar-refractivity contribution < 1.29 is 9.72 Å². The summed E-state index contributed by atoms with van der Waals surface area (Å²) in [6.07, 6.45) is 1.20. The van der Waals surface area contributed by atoms with E-state index in [1.54, 1.807) is 19.1 Å². The molecular formula is C17H12Cl2N4O4. The Kier molecular flexibility index (Phi) is 5.11. The second-order valence-electron chi connectivity index (χ2n) is 5.74. The lowest BCUT2D eigenvalue weighted by Crippen LogP contribution is -2.28. The quantitative estimate of drug-likeness (QED) is 0.526. The van der Waals surface area contributed by atoms with Crippen LogP contribution in [-0.4, -0.2) is 20.4 Å². The van der Waals surface area contributed by atoms with Crippen molar-refractivity contribution in [2.45, 2.75) is 13.5 Å². The molecule has 0 aliphatic rings. The monoisotopic (exact) mass is 406 g/mol. The highest BCUT2D eigenvalue weighted by molar-refractivity contribution is 6.40. The van der Waals surface area contributed by atoms with Crippen LogP contribution in [0.1, 0.15) is 5.56 Å². The number of hydrogen-bond donors (Lipinski definition) is 1. The molecule has 0 unspecified atom stereocenters. The van der Waals surface area contributed by atoms with Gasteiger partial charge in [-0.05, 0) is 24.6 Å². The van der Waals surface area contributed by atoms with E-state index in [9.17, 15) is 19.7 Å². The summed E-state index contributed by atoms with van der Waals surface area (Å²) in [5.74, 6) is -0.543. The number of nitrogens with zero attached hydrogens (tertiary/aromatic N) is 3. The van der Waals surface area contributed by atoms with Gasteiger partial charge >= 0.3 is 0 Å². The number of anilines is 1. The third-order valence-electron chi connectivity index (χ3n) is 3.88. The van der Waals surface area contributed by atoms with Crippen LogP contribution in [0.3, 0.4) is 0 Å². The average Bonchev–Trinajstić information content (AvgIpc) is 2.64. The number of fused-ring (bicyclic) bond motifs is 1. The van der Waals surface area contributed by atoms with Crippen molar-refractivity contribution in [1.82, 2.24) is 9.55 Å². The van der Waals surface area contributed by atoms with E-state index < -0.39 is 16.4 Å². The number of benzene rings is 2. The molecule has 0 saturated carbocycles. The number of non-ortho nitro benzene ring substituents is 1. The number of halogens is 2. The predicted molar refractivity (Wildman–Crippen MR) is 102 cm³/mol. The van der Waals surface area contributed by atoms with E-state index in [1.807, 2.05) is 0 Å². The summed E-state index contributed by atoms with van der Waals surface area (Å²) in [6, 6.07) is 7.08. The molecule has 138 valence electrons. The highest BCUT2D eigenvalue weighted by Gasteiger charge is 2.15. The first-order valence-corrected chi connectivity index (χ1v) is 8.41. The van der Waals surface area contributed by atoms with Crippen LogP contribution < -0.4 is 10.9 Å². The molecule has 0 fully saturated rings. The molecule has 8 nitrogen and oxygen atoms in total. The van der Waals surface area contributed by atoms with Gasteiger partial charge in [0.1, 0.15) is 6.54 Å². The number of hydrogen-bond acceptors (Lipinski definition) is 5. The Labute approximate surface area is 162 Å². The summed E-state index contributed by atoms with van der Waals surface area (Å²) >= 11 is 12.2. The summed E-state index contributed by atoms with van der Waals surface area (Å²) in [5, 5.41) is 14.1. The number of nitro benzene ring substituents is 1. The minimum Gasteiger partial charge on any atom is -0.322 e. The van der Waals surface area contributed by atoms with Gasteiger partial charge in [0.05, 0.1) is 37.9 Å². The van der Waals surface area contributed by atoms with E-state index in [-0.39, 0.29) is 28.3 Å². The summed E-state index contributed by atoms with van der Waals surface area (Å²) in [6.45, 7) is 1.41. The number of amides is 1. The molecule has 0 atom stereocenters. The minimum atomic E-state index is -0.606. The highest BCUT2D eigenvalue weighted by Crippen LogP contribution is 2.32. The summed E-state index contributed by atoms with van der Waals surface area (Å²) in [7, 11) is 0. The van der Waals surface area contributed by atoms with Crippen molar-refractivity contribution in [1.29, 1.82) is 0 Å². The predicted octanol–water partition coefficient (Wildman–Crippen LogP) is 3.56. The second-order valence-corrected chi connectivity index (χ2v) is 6.52. The van der Waals surface area contributed by atoms with Crippen LogP contribution in [0.2, 0.25) is 10.0 Å². The fourth-order valence-corrected chi connectivity index (χ4v) is 2.94. The number of carbonyl (C=O) groups is 1. The van der Waals surface area contributed by atoms with Crippen LogP contribution in [0.5, 0.6) is 0 Å². The summed E-state index contributed by atoms with van der Waals surface area (Å²) < 4.78 is 1.05. The van der Waals surface area contributed by atoms with E-state index in [0.29, 0.717) is 10.5 Å². The lowest BCUT2D eigenvalue weighted by atomic mass is 10.2. The number of nitro groups is 1. The minimum absolute atomic E-state index is 0.0473. The largest absolute Gasteiger partial charge is 0.322 e. The Morgan fingerprint density at radius 2 is 2.04 bits per heavy atom. The Bertz CT molecular complexity index is 1140. The van der Waals surface area contributed by atoms with Crippen molar-refractivity contribution in [2.24, 2.45) is 0 Å². The zero-order chi connectivity index (χ0) is 19.7. The van der Waals surface area contributed by atoms with E-state index >= 15 is 0 Å². The molecular weight excluding hydrogens is 395 g/mol. The molecule has 0 aliphatic carbocycles. The maximum absolute atomic E-state index is 12.5. The van der Waals surface area contributed by atoms with Gasteiger partial charge in [-0.2, -0.15) is 0 Å². The maximum atomic E-state index is 12.5. The van der Waals surface area contributed by atoms with Gasteiger partial charge in [0.25, 0.3) is 11.2 Å². The van der Waals surface area contributed by atoms with Crippen LogP contribution in [0.4, 0.5) is 11.4 Å². The molecule has 0 radical (unpaired) electrons. The van der Waals surface area contributed by atoms with E-state index in [4.69, 9.17) is 23.2 Å². The lowest BCUT2D eigenvalue weighted by Gasteiger charge is -2.12. The summed E-state index contributed by atoms with van der Waals surface area (Å²) in [4.78, 5) is 39.2. The van der Waals surface area contributed by atoms with Crippen molar-refractivity contribution in [3.63, 3.8) is 0 Å². The Morgan fingerprint density at radius 3 is 2.74 bits per heavy atom. The Morgan fingerprint density at radius 1 is 1.30 bits per heavy atom. The molecule has 1 N–H and O–H groups in total. The number of rotatable bonds is 4. The first-order valence-electron chi connectivity index (χ1n) is 7.66. The van der Waals surface area contributed by atoms with Crippen molar-refractivity contribution in [3.05, 3.63) is 72.7 Å². The molecule has 3 rings (SSSR count). The second kappa shape index (κ2) is 7.34. The van der Waals surface area contributed by atoms with Gasteiger partial charge in [-0.1, -0.05) is 29.3 Å². The molecule has 0 spiro atoms. The molecule has 0 bridgehead atoms. The number of nitrogens with one attached hydrogen (secondary N) is 1. The molecule has 0 aliphatic heterocycles. The van der Waals surface area contributed by atoms with Crippen LogP contribution >= 0.6 is 23.2 Å². The third kappa shape index (κ3) is 3.76. The fourth-order valence-electron chi connectivity index (χ4n) is 2.48. The normalized spacial score (nSPS) is 10.8. The number of carbonyl (C=O) groups excluding carboxylic acids is 1. The average molecular weight is 407 g/mol. The van der Waals surface area contributed by atoms with Gasteiger partial charge in [0.15, 0.2) is 0 Å². The maximum Gasteiger partial charge on any atom is 0.270 e. The highest BCUT2D eigenvalue weighted by atomic mass is 35.5. The van der Waals surface area contributed by atoms with Crippen LogP contribution in [-0.2, 0) is 11.3 Å². The third-order valence-corrected chi connectivity index (χ3v) is 4.68. The first-order chi connectivity index (χ1) is 12.8. The van der Waals surface area contributed by atoms with Crippen molar-refractivity contribution in [3.8, 4) is 0 Å². The van der Waals surface area contributed by atoms with Gasteiger partial charge in [0.2, 0.25) is 5.91 Å². The van der Waals surface area contributed by atoms with Crippen LogP contribution in [0, 0.1) is 17.0 Å². The van der Waals surface area contributed by atoms with E-state index in [2.05, 4.69) is 10.3 Å². The first kappa shape index (κ1) is 18.8. The van der Waals surface area contributed by atoms with Gasteiger partial charge in [-0.15, -0.1) is 0 Å². The van der Waals surface area contributed by atoms with E-state index in [1.165, 1.54) is 18.5 Å². The molecule has 0 saturated heterocycles. The van der Waals surface area contributed by atoms with Gasteiger partial charge in [0, 0.05) is 12.1 Å². The molecule has 10 heteroatoms. The smallest absolute Gasteiger partial charge is 0.270 e. The van der Waals surface area contributed by atoms with Gasteiger partial charge in [-0.25, -0.2) is 4.98 Å². The molecule has 1 heterocycles. The van der Waals surface area contributed by atoms with Gasteiger partial charge in [-0.3, -0.25) is 24.3 Å². The van der Waals surface area contributed by atoms with Crippen molar-refractivity contribution in [2.75, 3.05) is 5.32 Å². The summed E-state index contributed by atoms with van der Waals surface area (Å²) in [5.41, 5.74) is 0.475. The zero-order valence-electron chi connectivity index (χ0n) is 13.9. The lowest BCUT2D eigenvalue weighted by molar-refractivity contribution is -0.384. The van der Waals surface area contributed by atoms with Gasteiger partial charge < -0.3 is 5.32 Å². The Balaban J connectivity index is 1.92. The molecule has 3 aromatic rings. The Hall–Kier alpha value is -2.97. The molecule has 27 heavy (non-hydrogen) atoms. The topological polar surface area (TPSA) is 107 Å². The van der Waals surface area contributed by atoms with E-state index in [0.717, 1.165) is 16.2 Å². The zero-order valence-corrected chi connectivity index (χ0v) is 15.4. The molecule has 1 aromatic heterocycles. The number of aromatic nitrogens is 2. The number of aryl methyl sites for hydroxylation is 1. The fraction of sp³-hybridized carbons (Fsp3) is 0.118. The van der Waals surface area contributed by atoms with Crippen LogP contribution in [0.25, 0.3) is 10.9 Å². The van der Waals surface area contributed by atoms with Crippen molar-refractivity contribution >= 4 is 51.4 Å². The molecule has 1 amide bonds. The van der Waals surface area contributed by atoms with Crippen LogP contribution in [0.15, 0.2) is 41.5 Å².